The Labute approximate surface area is 225 Å². The van der Waals surface area contributed by atoms with Crippen molar-refractivity contribution in [3.8, 4) is 22.9 Å². The smallest absolute Gasteiger partial charge is 0.249 e. The van der Waals surface area contributed by atoms with Crippen LogP contribution in [0.15, 0.2) is 60.7 Å². The number of primary amides is 1. The van der Waals surface area contributed by atoms with Crippen molar-refractivity contribution >= 4 is 17.4 Å². The van der Waals surface area contributed by atoms with Gasteiger partial charge in [-0.3, -0.25) is 15.3 Å². The third-order valence-corrected chi connectivity index (χ3v) is 5.74. The molecular formula is C28H30FN7O3. The highest BCUT2D eigenvalue weighted by Gasteiger charge is 2.27. The SMILES string of the molecule is CCOc1cc(OC(C)C)c(F)c(C(Nc2ccc(C(=N)N)cc2)c2nc(-c3ccccc3C(N)=O)n[nH]2)c1. The van der Waals surface area contributed by atoms with Crippen molar-refractivity contribution in [2.45, 2.75) is 32.9 Å². The number of halogens is 1. The number of nitrogens with zero attached hydrogens (tertiary/aromatic N) is 2. The Hall–Kier alpha value is -4.93. The van der Waals surface area contributed by atoms with Gasteiger partial charge in [-0.05, 0) is 57.2 Å². The van der Waals surface area contributed by atoms with Crippen molar-refractivity contribution in [2.75, 3.05) is 11.9 Å². The van der Waals surface area contributed by atoms with E-state index in [1.54, 1.807) is 68.4 Å². The van der Waals surface area contributed by atoms with E-state index in [0.717, 1.165) is 0 Å². The number of aromatic nitrogens is 3. The molecule has 0 aliphatic rings. The zero-order chi connectivity index (χ0) is 28.1. The van der Waals surface area contributed by atoms with Crippen LogP contribution in [-0.2, 0) is 0 Å². The second-order valence-corrected chi connectivity index (χ2v) is 8.95. The van der Waals surface area contributed by atoms with Crippen molar-refractivity contribution in [1.29, 1.82) is 5.41 Å². The van der Waals surface area contributed by atoms with Gasteiger partial charge in [-0.15, -0.1) is 0 Å². The monoisotopic (exact) mass is 531 g/mol. The molecule has 4 rings (SSSR count). The van der Waals surface area contributed by atoms with Gasteiger partial charge in [0.05, 0.1) is 18.3 Å². The molecule has 0 bridgehead atoms. The van der Waals surface area contributed by atoms with Crippen molar-refractivity contribution in [2.24, 2.45) is 11.5 Å². The summed E-state index contributed by atoms with van der Waals surface area (Å²) in [5, 5.41) is 18.1. The van der Waals surface area contributed by atoms with E-state index in [0.29, 0.717) is 29.2 Å². The molecule has 0 saturated heterocycles. The summed E-state index contributed by atoms with van der Waals surface area (Å²) in [5.74, 6) is -0.354. The Balaban J connectivity index is 1.85. The predicted molar refractivity (Wildman–Crippen MR) is 147 cm³/mol. The number of carbonyl (C=O) groups excluding carboxylic acids is 1. The highest BCUT2D eigenvalue weighted by Crippen LogP contribution is 2.36. The van der Waals surface area contributed by atoms with Gasteiger partial charge >= 0.3 is 0 Å². The van der Waals surface area contributed by atoms with Crippen molar-refractivity contribution in [1.82, 2.24) is 15.2 Å². The number of hydrogen-bond acceptors (Lipinski definition) is 7. The summed E-state index contributed by atoms with van der Waals surface area (Å²) in [4.78, 5) is 16.6. The number of H-pyrrole nitrogens is 1. The summed E-state index contributed by atoms with van der Waals surface area (Å²) in [6, 6.07) is 15.7. The topological polar surface area (TPSA) is 165 Å². The molecule has 0 fully saturated rings. The molecule has 0 aliphatic carbocycles. The van der Waals surface area contributed by atoms with Gasteiger partial charge in [0.15, 0.2) is 23.2 Å². The normalized spacial score (nSPS) is 11.7. The Morgan fingerprint density at radius 3 is 2.49 bits per heavy atom. The Morgan fingerprint density at radius 2 is 1.85 bits per heavy atom. The first-order chi connectivity index (χ1) is 18.7. The van der Waals surface area contributed by atoms with Crippen LogP contribution in [0.25, 0.3) is 11.4 Å². The van der Waals surface area contributed by atoms with E-state index >= 15 is 4.39 Å². The highest BCUT2D eigenvalue weighted by molar-refractivity contribution is 5.99. The van der Waals surface area contributed by atoms with E-state index in [1.165, 1.54) is 6.07 Å². The van der Waals surface area contributed by atoms with Crippen LogP contribution < -0.4 is 26.3 Å². The first kappa shape index (κ1) is 27.1. The first-order valence-corrected chi connectivity index (χ1v) is 12.3. The lowest BCUT2D eigenvalue weighted by atomic mass is 10.0. The van der Waals surface area contributed by atoms with Crippen LogP contribution in [0.1, 0.15) is 54.1 Å². The number of nitrogens with two attached hydrogens (primary N) is 2. The van der Waals surface area contributed by atoms with Crippen LogP contribution in [0.5, 0.6) is 11.5 Å². The molecule has 1 heterocycles. The lowest BCUT2D eigenvalue weighted by molar-refractivity contribution is 0.100. The number of benzene rings is 3. The number of nitrogens with one attached hydrogen (secondary N) is 3. The Kier molecular flexibility index (Phi) is 8.09. The van der Waals surface area contributed by atoms with Crippen LogP contribution >= 0.6 is 0 Å². The van der Waals surface area contributed by atoms with Crippen LogP contribution in [0, 0.1) is 11.2 Å². The predicted octanol–water partition coefficient (Wildman–Crippen LogP) is 4.38. The highest BCUT2D eigenvalue weighted by atomic mass is 19.1. The minimum absolute atomic E-state index is 0.0310. The summed E-state index contributed by atoms with van der Waals surface area (Å²) in [7, 11) is 0. The standard InChI is InChI=1S/C28H30FN7O3/c1-4-38-18-13-21(23(29)22(14-18)39-15(2)3)24(33-17-11-9-16(10-12-17)25(30)31)28-34-27(35-36-28)20-8-6-5-7-19(20)26(32)37/h5-15,24,33H,4H2,1-3H3,(H3,30,31)(H2,32,37)(H,34,35,36). The molecule has 0 aliphatic heterocycles. The summed E-state index contributed by atoms with van der Waals surface area (Å²) in [6.07, 6.45) is -0.281. The van der Waals surface area contributed by atoms with Crippen LogP contribution in [0.3, 0.4) is 0 Å². The summed E-state index contributed by atoms with van der Waals surface area (Å²) >= 11 is 0. The number of aromatic amines is 1. The van der Waals surface area contributed by atoms with Gasteiger partial charge in [0.1, 0.15) is 17.6 Å². The number of ether oxygens (including phenoxy) is 2. The fourth-order valence-electron chi connectivity index (χ4n) is 4.02. The van der Waals surface area contributed by atoms with Crippen LogP contribution in [0.2, 0.25) is 0 Å². The molecule has 10 nitrogen and oxygen atoms in total. The molecule has 1 amide bonds. The van der Waals surface area contributed by atoms with Crippen molar-refractivity contribution in [3.63, 3.8) is 0 Å². The Morgan fingerprint density at radius 1 is 1.13 bits per heavy atom. The maximum atomic E-state index is 16.0. The van der Waals surface area contributed by atoms with Crippen molar-refractivity contribution in [3.05, 3.63) is 89.0 Å². The molecule has 4 aromatic rings. The molecule has 7 N–H and O–H groups in total. The molecule has 1 aromatic heterocycles. The second kappa shape index (κ2) is 11.6. The Bertz CT molecular complexity index is 1490. The minimum Gasteiger partial charge on any atom is -0.494 e. The number of amidine groups is 1. The largest absolute Gasteiger partial charge is 0.494 e. The molecular weight excluding hydrogens is 501 g/mol. The molecule has 39 heavy (non-hydrogen) atoms. The van der Waals surface area contributed by atoms with E-state index in [2.05, 4.69) is 20.5 Å². The quantitative estimate of drug-likeness (QED) is 0.141. The third kappa shape index (κ3) is 6.15. The molecule has 0 radical (unpaired) electrons. The molecule has 11 heteroatoms. The maximum absolute atomic E-state index is 16.0. The van der Waals surface area contributed by atoms with Gasteiger partial charge < -0.3 is 26.3 Å². The number of rotatable bonds is 11. The van der Waals surface area contributed by atoms with Gasteiger partial charge in [-0.2, -0.15) is 5.10 Å². The van der Waals surface area contributed by atoms with E-state index in [9.17, 15) is 4.79 Å². The number of anilines is 1. The number of carbonyl (C=O) groups is 1. The average Bonchev–Trinajstić information content (AvgIpc) is 3.39. The van der Waals surface area contributed by atoms with Gasteiger partial charge in [0.25, 0.3) is 0 Å². The zero-order valence-electron chi connectivity index (χ0n) is 21.8. The molecule has 1 unspecified atom stereocenters. The van der Waals surface area contributed by atoms with Gasteiger partial charge in [-0.1, -0.05) is 18.2 Å². The van der Waals surface area contributed by atoms with E-state index < -0.39 is 17.8 Å². The molecule has 3 aromatic carbocycles. The van der Waals surface area contributed by atoms with Gasteiger partial charge in [-0.25, -0.2) is 9.37 Å². The fourth-order valence-corrected chi connectivity index (χ4v) is 4.02. The molecule has 0 spiro atoms. The third-order valence-electron chi connectivity index (χ3n) is 5.74. The number of nitrogen functional groups attached to an aromatic ring is 1. The lowest BCUT2D eigenvalue weighted by Gasteiger charge is -2.22. The fraction of sp³-hybridized carbons (Fsp3) is 0.214. The summed E-state index contributed by atoms with van der Waals surface area (Å²) in [5.41, 5.74) is 13.2. The van der Waals surface area contributed by atoms with E-state index in [1.807, 2.05) is 6.92 Å². The average molecular weight is 532 g/mol. The van der Waals surface area contributed by atoms with Crippen LogP contribution in [0.4, 0.5) is 10.1 Å². The molecule has 1 atom stereocenters. The van der Waals surface area contributed by atoms with Crippen LogP contribution in [-0.4, -0.2) is 39.6 Å². The van der Waals surface area contributed by atoms with E-state index in [-0.39, 0.29) is 40.5 Å². The second-order valence-electron chi connectivity index (χ2n) is 8.95. The van der Waals surface area contributed by atoms with Crippen molar-refractivity contribution < 1.29 is 18.7 Å². The number of amides is 1. The molecule has 202 valence electrons. The zero-order valence-corrected chi connectivity index (χ0v) is 21.8. The van der Waals surface area contributed by atoms with E-state index in [4.69, 9.17) is 26.4 Å². The first-order valence-electron chi connectivity index (χ1n) is 12.3. The minimum atomic E-state index is -0.884. The lowest BCUT2D eigenvalue weighted by Crippen LogP contribution is -2.18. The molecule has 0 saturated carbocycles. The summed E-state index contributed by atoms with van der Waals surface area (Å²) < 4.78 is 27.4. The number of hydrogen-bond donors (Lipinski definition) is 5. The van der Waals surface area contributed by atoms with Gasteiger partial charge in [0, 0.05) is 28.4 Å². The maximum Gasteiger partial charge on any atom is 0.249 e. The summed E-state index contributed by atoms with van der Waals surface area (Å²) in [6.45, 7) is 5.81. The van der Waals surface area contributed by atoms with Gasteiger partial charge in [0.2, 0.25) is 5.91 Å².